The molecule has 0 N–H and O–H groups in total. The molecule has 0 aromatic carbocycles. The molecule has 1 amide bonds. The van der Waals surface area contributed by atoms with Crippen LogP contribution in [0.5, 0.6) is 0 Å². The first-order valence-corrected chi connectivity index (χ1v) is 16.4. The number of sulfonamides is 1. The van der Waals surface area contributed by atoms with Crippen LogP contribution in [0, 0.1) is 11.8 Å². The van der Waals surface area contributed by atoms with Gasteiger partial charge in [-0.25, -0.2) is 12.7 Å². The molecular weight excluding hydrogens is 615 g/mol. The van der Waals surface area contributed by atoms with E-state index >= 15 is 0 Å². The third kappa shape index (κ3) is 20.0. The Labute approximate surface area is 253 Å². The number of rotatable bonds is 24. The molecule has 7 nitrogen and oxygen atoms in total. The molecule has 38 heavy (non-hydrogen) atoms. The zero-order chi connectivity index (χ0) is 28.3. The van der Waals surface area contributed by atoms with Gasteiger partial charge in [0, 0.05) is 33.0 Å². The summed E-state index contributed by atoms with van der Waals surface area (Å²) in [7, 11) is 4.02. The van der Waals surface area contributed by atoms with Crippen LogP contribution in [0.25, 0.3) is 0 Å². The van der Waals surface area contributed by atoms with E-state index in [0.29, 0.717) is 37.1 Å². The summed E-state index contributed by atoms with van der Waals surface area (Å²) in [6.45, 7) is 10.1. The average Bonchev–Trinajstić information content (AvgIpc) is 2.77. The summed E-state index contributed by atoms with van der Waals surface area (Å²) in [5, 5.41) is 0. The molecule has 0 saturated carbocycles. The van der Waals surface area contributed by atoms with Gasteiger partial charge in [-0.15, -0.1) is 0 Å². The van der Waals surface area contributed by atoms with E-state index in [1.165, 1.54) is 49.8 Å². The summed E-state index contributed by atoms with van der Waals surface area (Å²) in [5.41, 5.74) is 0. The molecule has 0 heterocycles. The number of amides is 1. The summed E-state index contributed by atoms with van der Waals surface area (Å²) in [6.07, 6.45) is 12.9. The molecule has 0 rings (SSSR count). The Hall–Kier alpha value is 0.0300. The van der Waals surface area contributed by atoms with Crippen molar-refractivity contribution in [2.75, 3.05) is 60.4 Å². The number of hydrogen-bond acceptors (Lipinski definition) is 5. The molecule has 0 spiro atoms. The molecule has 2 atom stereocenters. The van der Waals surface area contributed by atoms with E-state index in [0.717, 1.165) is 38.1 Å². The van der Waals surface area contributed by atoms with Crippen molar-refractivity contribution in [3.05, 3.63) is 0 Å². The highest BCUT2D eigenvalue weighted by Crippen LogP contribution is 2.25. The van der Waals surface area contributed by atoms with E-state index in [4.69, 9.17) is 9.47 Å². The second kappa shape index (κ2) is 22.7. The number of methoxy groups -OCH3 is 1. The van der Waals surface area contributed by atoms with E-state index in [-0.39, 0.29) is 35.6 Å². The maximum atomic E-state index is 13.5. The molecule has 0 aliphatic carbocycles. The Morgan fingerprint density at radius 2 is 1.39 bits per heavy atom. The lowest BCUT2D eigenvalue weighted by Gasteiger charge is -2.36. The number of hydrogen-bond donors (Lipinski definition) is 0. The third-order valence-corrected chi connectivity index (χ3v) is 8.71. The van der Waals surface area contributed by atoms with Crippen molar-refractivity contribution < 1.29 is 51.1 Å². The fourth-order valence-corrected chi connectivity index (χ4v) is 6.60. The highest BCUT2D eigenvalue weighted by atomic mass is 127. The highest BCUT2D eigenvalue weighted by Gasteiger charge is 2.37. The minimum Gasteiger partial charge on any atom is -1.00 e. The van der Waals surface area contributed by atoms with E-state index in [1.807, 2.05) is 28.1 Å². The topological polar surface area (TPSA) is 72.9 Å². The van der Waals surface area contributed by atoms with Crippen molar-refractivity contribution in [1.82, 2.24) is 4.31 Å². The standard InChI is InChI=1S/C29H61N2O5S.HI/c1-9-22-36-25-28(24-35-8)29(20-17-15-13-11-10-12-14-16-19-26(2)3)30(27(4)32)37(33,34)23-18-21-31(5,6)7;/h26,28-29H,9-25H2,1-8H3;1H/q+1;/p-1. The van der Waals surface area contributed by atoms with Crippen LogP contribution in [-0.4, -0.2) is 89.5 Å². The quantitative estimate of drug-likeness (QED) is 0.0894. The molecule has 230 valence electrons. The molecule has 0 aliphatic heterocycles. The van der Waals surface area contributed by atoms with Gasteiger partial charge < -0.3 is 37.9 Å². The zero-order valence-electron chi connectivity index (χ0n) is 26.0. The Bertz CT molecular complexity index is 683. The summed E-state index contributed by atoms with van der Waals surface area (Å²) in [5.74, 6) is 0.173. The summed E-state index contributed by atoms with van der Waals surface area (Å²) < 4.78 is 40.1. The lowest BCUT2D eigenvalue weighted by Crippen LogP contribution is -3.00. The number of unbranched alkanes of at least 4 members (excludes halogenated alkanes) is 7. The second-order valence-electron chi connectivity index (χ2n) is 12.2. The Morgan fingerprint density at radius 3 is 1.84 bits per heavy atom. The number of carbonyl (C=O) groups excluding carboxylic acids is 1. The number of ether oxygens (including phenoxy) is 2. The van der Waals surface area contributed by atoms with Gasteiger partial charge in [-0.1, -0.05) is 78.6 Å². The van der Waals surface area contributed by atoms with Gasteiger partial charge in [0.25, 0.3) is 0 Å². The normalized spacial score (nSPS) is 13.8. The van der Waals surface area contributed by atoms with Gasteiger partial charge in [0.1, 0.15) is 0 Å². The van der Waals surface area contributed by atoms with Gasteiger partial charge in [-0.3, -0.25) is 4.79 Å². The maximum Gasteiger partial charge on any atom is 0.237 e. The largest absolute Gasteiger partial charge is 1.00 e. The van der Waals surface area contributed by atoms with Crippen LogP contribution in [0.1, 0.15) is 105 Å². The second-order valence-corrected chi connectivity index (χ2v) is 14.1. The van der Waals surface area contributed by atoms with Crippen molar-refractivity contribution in [2.45, 2.75) is 111 Å². The highest BCUT2D eigenvalue weighted by molar-refractivity contribution is 7.89. The number of carbonyl (C=O) groups is 1. The molecule has 0 saturated heterocycles. The Kier molecular flexibility index (Phi) is 24.0. The minimum atomic E-state index is -3.74. The predicted molar refractivity (Wildman–Crippen MR) is 155 cm³/mol. The molecule has 0 radical (unpaired) electrons. The van der Waals surface area contributed by atoms with Crippen LogP contribution in [0.3, 0.4) is 0 Å². The monoisotopic (exact) mass is 676 g/mol. The first kappa shape index (κ1) is 40.2. The van der Waals surface area contributed by atoms with E-state index in [9.17, 15) is 13.2 Å². The van der Waals surface area contributed by atoms with Crippen LogP contribution >= 0.6 is 0 Å². The molecule has 2 unspecified atom stereocenters. The number of nitrogens with zero attached hydrogens (tertiary/aromatic N) is 2. The first-order valence-electron chi connectivity index (χ1n) is 14.8. The number of quaternary nitrogens is 1. The van der Waals surface area contributed by atoms with Crippen molar-refractivity contribution in [2.24, 2.45) is 11.8 Å². The van der Waals surface area contributed by atoms with E-state index in [1.54, 1.807) is 7.11 Å². The van der Waals surface area contributed by atoms with Gasteiger partial charge in [0.2, 0.25) is 15.9 Å². The molecule has 0 bridgehead atoms. The predicted octanol–water partition coefficient (Wildman–Crippen LogP) is 2.88. The van der Waals surface area contributed by atoms with Crippen molar-refractivity contribution in [3.63, 3.8) is 0 Å². The SMILES string of the molecule is CCCOCC(COC)C(CCCCCCCCCCC(C)C)N(C(C)=O)S(=O)(=O)CCC[N+](C)(C)C.[I-]. The van der Waals surface area contributed by atoms with Crippen LogP contribution in [-0.2, 0) is 24.3 Å². The molecule has 0 fully saturated rings. The molecule has 0 aromatic rings. The Balaban J connectivity index is 0. The van der Waals surface area contributed by atoms with Gasteiger partial charge in [-0.05, 0) is 18.8 Å². The van der Waals surface area contributed by atoms with Crippen LogP contribution in [0.4, 0.5) is 0 Å². The summed E-state index contributed by atoms with van der Waals surface area (Å²) in [4.78, 5) is 12.8. The van der Waals surface area contributed by atoms with Gasteiger partial charge in [-0.2, -0.15) is 0 Å². The van der Waals surface area contributed by atoms with Crippen LogP contribution < -0.4 is 24.0 Å². The van der Waals surface area contributed by atoms with Gasteiger partial charge in [0.05, 0.1) is 52.7 Å². The summed E-state index contributed by atoms with van der Waals surface area (Å²) >= 11 is 0. The fourth-order valence-electron chi connectivity index (χ4n) is 4.83. The average molecular weight is 677 g/mol. The molecular formula is C29H61IN2O5S. The maximum absolute atomic E-state index is 13.5. The molecule has 0 aliphatic rings. The van der Waals surface area contributed by atoms with Crippen LogP contribution in [0.15, 0.2) is 0 Å². The van der Waals surface area contributed by atoms with Crippen LogP contribution in [0.2, 0.25) is 0 Å². The van der Waals surface area contributed by atoms with Crippen molar-refractivity contribution >= 4 is 15.9 Å². The lowest BCUT2D eigenvalue weighted by atomic mass is 9.95. The fraction of sp³-hybridized carbons (Fsp3) is 0.966. The van der Waals surface area contributed by atoms with E-state index in [2.05, 4.69) is 13.8 Å². The third-order valence-electron chi connectivity index (χ3n) is 6.78. The Morgan fingerprint density at radius 1 is 0.868 bits per heavy atom. The minimum absolute atomic E-state index is 0. The lowest BCUT2D eigenvalue weighted by molar-refractivity contribution is -0.870. The smallest absolute Gasteiger partial charge is 0.237 e. The molecule has 9 heteroatoms. The van der Waals surface area contributed by atoms with Crippen molar-refractivity contribution in [1.29, 1.82) is 0 Å². The summed E-state index contributed by atoms with van der Waals surface area (Å²) in [6, 6.07) is -0.445. The van der Waals surface area contributed by atoms with Gasteiger partial charge in [0.15, 0.2) is 0 Å². The molecule has 0 aromatic heterocycles. The first-order chi connectivity index (χ1) is 17.4. The zero-order valence-corrected chi connectivity index (χ0v) is 28.9. The van der Waals surface area contributed by atoms with Gasteiger partial charge >= 0.3 is 0 Å². The number of halogens is 1. The van der Waals surface area contributed by atoms with E-state index < -0.39 is 22.0 Å². The van der Waals surface area contributed by atoms with Crippen molar-refractivity contribution in [3.8, 4) is 0 Å².